The van der Waals surface area contributed by atoms with E-state index in [1.54, 1.807) is 14.2 Å². The molecule has 1 aliphatic heterocycles. The van der Waals surface area contributed by atoms with Crippen molar-refractivity contribution in [3.05, 3.63) is 156 Å². The number of aliphatic imine (C=N–C) groups is 1. The molecule has 0 bridgehead atoms. The molecule has 1 amide bonds. The maximum Gasteiger partial charge on any atom is 0.266 e. The number of hydrogen-bond acceptors (Lipinski definition) is 8. The van der Waals surface area contributed by atoms with Gasteiger partial charge in [0.05, 0.1) is 20.8 Å². The van der Waals surface area contributed by atoms with E-state index in [0.717, 1.165) is 27.8 Å². The van der Waals surface area contributed by atoms with Gasteiger partial charge in [-0.15, -0.1) is 0 Å². The van der Waals surface area contributed by atoms with E-state index in [9.17, 15) is 4.79 Å². The van der Waals surface area contributed by atoms with Crippen LogP contribution in [-0.2, 0) is 16.1 Å². The molecule has 3 N–H and O–H groups in total. The monoisotopic (exact) mass is 697 g/mol. The van der Waals surface area contributed by atoms with Crippen LogP contribution in [0.25, 0.3) is 17.2 Å². The minimum Gasteiger partial charge on any atom is -0.494 e. The number of hydrazine groups is 1. The van der Waals surface area contributed by atoms with Crippen LogP contribution in [0.5, 0.6) is 17.2 Å². The second-order valence-corrected chi connectivity index (χ2v) is 12.3. The predicted octanol–water partition coefficient (Wildman–Crippen LogP) is 7.31. The van der Waals surface area contributed by atoms with Gasteiger partial charge in [0, 0.05) is 37.1 Å². The first kappa shape index (κ1) is 35.9. The summed E-state index contributed by atoms with van der Waals surface area (Å²) in [4.78, 5) is 19.8. The van der Waals surface area contributed by atoms with Crippen molar-refractivity contribution in [1.29, 1.82) is 0 Å². The first-order valence-electron chi connectivity index (χ1n) is 17.3. The molecule has 0 fully saturated rings. The molecule has 1 heterocycles. The van der Waals surface area contributed by atoms with Crippen LogP contribution in [0, 0.1) is 0 Å². The van der Waals surface area contributed by atoms with Crippen molar-refractivity contribution in [2.45, 2.75) is 31.0 Å². The molecule has 5 aromatic carbocycles. The van der Waals surface area contributed by atoms with E-state index in [0.29, 0.717) is 41.7 Å². The molecule has 52 heavy (non-hydrogen) atoms. The Kier molecular flexibility index (Phi) is 12.0. The number of nitrogens with one attached hydrogen (secondary N) is 2. The van der Waals surface area contributed by atoms with Gasteiger partial charge in [0.1, 0.15) is 5.75 Å². The lowest BCUT2D eigenvalue weighted by atomic mass is 9.84. The molecule has 2 atom stereocenters. The fraction of sp³-hybridized carbons (Fsp3) is 0.209. The normalized spacial score (nSPS) is 16.6. The highest BCUT2D eigenvalue weighted by atomic mass is 16.5. The third kappa shape index (κ3) is 8.34. The molecule has 9 nitrogen and oxygen atoms in total. The van der Waals surface area contributed by atoms with Gasteiger partial charge < -0.3 is 24.1 Å². The Bertz CT molecular complexity index is 1960. The van der Waals surface area contributed by atoms with Crippen LogP contribution >= 0.6 is 0 Å². The molecule has 266 valence electrons. The number of aliphatic hydroxyl groups excluding tert-OH is 1. The largest absolute Gasteiger partial charge is 0.494 e. The first-order chi connectivity index (χ1) is 25.5. The maximum atomic E-state index is 14.6. The van der Waals surface area contributed by atoms with Crippen molar-refractivity contribution < 1.29 is 28.8 Å². The number of carbonyl (C=O) groups excluding carboxylic acids is 1. The van der Waals surface area contributed by atoms with Gasteiger partial charge >= 0.3 is 0 Å². The lowest BCUT2D eigenvalue weighted by Crippen LogP contribution is -2.52. The minimum atomic E-state index is -1.39. The van der Waals surface area contributed by atoms with Crippen LogP contribution in [-0.4, -0.2) is 49.9 Å². The second-order valence-electron chi connectivity index (χ2n) is 12.3. The zero-order valence-corrected chi connectivity index (χ0v) is 29.3. The summed E-state index contributed by atoms with van der Waals surface area (Å²) < 4.78 is 23.5. The number of rotatable bonds is 16. The number of benzene rings is 5. The summed E-state index contributed by atoms with van der Waals surface area (Å²) in [6.45, 7) is 0.731. The quantitative estimate of drug-likeness (QED) is 0.0733. The summed E-state index contributed by atoms with van der Waals surface area (Å²) >= 11 is 0. The number of ether oxygens (including phenoxy) is 4. The van der Waals surface area contributed by atoms with E-state index in [4.69, 9.17) is 29.0 Å². The Labute approximate surface area is 304 Å². The molecule has 0 aliphatic carbocycles. The molecular formula is C43H43N3O6. The highest BCUT2D eigenvalue weighted by Gasteiger charge is 2.52. The Balaban J connectivity index is 1.36. The Morgan fingerprint density at radius 1 is 0.827 bits per heavy atom. The Hall–Kier alpha value is -5.90. The fourth-order valence-electron chi connectivity index (χ4n) is 6.16. The number of carbonyl (C=O) groups is 1. The minimum absolute atomic E-state index is 0.0568. The molecule has 6 rings (SSSR count). The summed E-state index contributed by atoms with van der Waals surface area (Å²) in [5.74, 6) is 1.82. The summed E-state index contributed by atoms with van der Waals surface area (Å²) in [7, 11) is 3.17. The molecule has 0 aromatic heterocycles. The van der Waals surface area contributed by atoms with Gasteiger partial charge in [-0.05, 0) is 52.6 Å². The van der Waals surface area contributed by atoms with Gasteiger partial charge in [-0.3, -0.25) is 10.2 Å². The predicted molar refractivity (Wildman–Crippen MR) is 203 cm³/mol. The number of aliphatic hydroxyl groups is 1. The Morgan fingerprint density at radius 3 is 2.21 bits per heavy atom. The van der Waals surface area contributed by atoms with Crippen LogP contribution in [0.15, 0.2) is 138 Å². The lowest BCUT2D eigenvalue weighted by Gasteiger charge is -2.30. The number of methoxy groups -OCH3 is 2. The number of para-hydroxylation sites is 1. The van der Waals surface area contributed by atoms with Gasteiger partial charge in [0.15, 0.2) is 23.1 Å². The molecule has 1 aliphatic rings. The standard InChI is InChI=1S/C43H43N3O6/c1-49-38-18-9-17-36(39(38)50-2)30-44-46-42(48)43(27-10-14-31-12-5-3-6-13-31)40(34-21-19-33(20-22-34)32-15-7-4-8-16-32)52-41(45-43)35-23-25-37(26-24-35)51-29-11-28-47/h3-10,12-26,40,44,47H,11,27-30H2,1-2H3,(H,46,48)/b14-10+/t40-,43-/m0/s1. The summed E-state index contributed by atoms with van der Waals surface area (Å²) in [6, 6.07) is 41.2. The van der Waals surface area contributed by atoms with E-state index < -0.39 is 11.6 Å². The molecule has 0 saturated heterocycles. The number of hydrogen-bond donors (Lipinski definition) is 3. The van der Waals surface area contributed by atoms with Crippen molar-refractivity contribution >= 4 is 17.9 Å². The van der Waals surface area contributed by atoms with Crippen molar-refractivity contribution in [1.82, 2.24) is 10.9 Å². The molecule has 0 saturated carbocycles. The fourth-order valence-corrected chi connectivity index (χ4v) is 6.16. The van der Waals surface area contributed by atoms with E-state index in [-0.39, 0.29) is 25.5 Å². The molecule has 0 unspecified atom stereocenters. The summed E-state index contributed by atoms with van der Waals surface area (Å²) in [6.07, 6.45) is 3.98. The van der Waals surface area contributed by atoms with Gasteiger partial charge in [-0.1, -0.05) is 109 Å². The van der Waals surface area contributed by atoms with E-state index in [1.165, 1.54) is 0 Å². The smallest absolute Gasteiger partial charge is 0.266 e. The molecule has 5 aromatic rings. The zero-order chi connectivity index (χ0) is 36.2. The van der Waals surface area contributed by atoms with E-state index >= 15 is 0 Å². The average Bonchev–Trinajstić information content (AvgIpc) is 3.59. The lowest BCUT2D eigenvalue weighted by molar-refractivity contribution is -0.129. The van der Waals surface area contributed by atoms with E-state index in [1.807, 2.05) is 127 Å². The van der Waals surface area contributed by atoms with Gasteiger partial charge in [0.2, 0.25) is 5.90 Å². The zero-order valence-electron chi connectivity index (χ0n) is 29.3. The highest BCUT2D eigenvalue weighted by molar-refractivity contribution is 6.01. The SMILES string of the molecule is COc1cccc(CNNC(=O)[C@@]2(C/C=C/c3ccccc3)N=C(c3ccc(OCCCO)cc3)O[C@H]2c2ccc(-c3ccccc3)cc2)c1OC. The van der Waals surface area contributed by atoms with Crippen molar-refractivity contribution in [3.63, 3.8) is 0 Å². The van der Waals surface area contributed by atoms with Crippen molar-refractivity contribution in [2.75, 3.05) is 27.4 Å². The third-order valence-electron chi connectivity index (χ3n) is 8.85. The van der Waals surface area contributed by atoms with Crippen LogP contribution in [0.2, 0.25) is 0 Å². The highest BCUT2D eigenvalue weighted by Crippen LogP contribution is 2.43. The molecule has 9 heteroatoms. The van der Waals surface area contributed by atoms with Gasteiger partial charge in [-0.2, -0.15) is 0 Å². The van der Waals surface area contributed by atoms with Gasteiger partial charge in [0.25, 0.3) is 5.91 Å². The van der Waals surface area contributed by atoms with Gasteiger partial charge in [-0.25, -0.2) is 10.4 Å². The topological polar surface area (TPSA) is 111 Å². The van der Waals surface area contributed by atoms with Crippen LogP contribution in [0.1, 0.15) is 41.2 Å². The summed E-state index contributed by atoms with van der Waals surface area (Å²) in [5, 5.41) is 9.14. The Morgan fingerprint density at radius 2 is 1.52 bits per heavy atom. The van der Waals surface area contributed by atoms with Crippen molar-refractivity contribution in [3.8, 4) is 28.4 Å². The second kappa shape index (κ2) is 17.4. The number of nitrogens with zero attached hydrogens (tertiary/aromatic N) is 1. The molecular weight excluding hydrogens is 654 g/mol. The van der Waals surface area contributed by atoms with E-state index in [2.05, 4.69) is 23.0 Å². The van der Waals surface area contributed by atoms with Crippen LogP contribution < -0.4 is 25.1 Å². The molecule has 0 spiro atoms. The van der Waals surface area contributed by atoms with Crippen LogP contribution in [0.4, 0.5) is 0 Å². The first-order valence-corrected chi connectivity index (χ1v) is 17.3. The molecule has 0 radical (unpaired) electrons. The summed E-state index contributed by atoms with van der Waals surface area (Å²) in [5.41, 5.74) is 10.1. The van der Waals surface area contributed by atoms with Crippen LogP contribution in [0.3, 0.4) is 0 Å². The third-order valence-corrected chi connectivity index (χ3v) is 8.85. The maximum absolute atomic E-state index is 14.6. The van der Waals surface area contributed by atoms with Crippen molar-refractivity contribution in [2.24, 2.45) is 4.99 Å². The average molecular weight is 698 g/mol. The number of amides is 1.